The number of aryl methyl sites for hydroxylation is 1. The molecule has 16 heavy (non-hydrogen) atoms. The van der Waals surface area contributed by atoms with Crippen molar-refractivity contribution in [3.63, 3.8) is 0 Å². The number of aromatic nitrogens is 2. The van der Waals surface area contributed by atoms with E-state index >= 15 is 0 Å². The van der Waals surface area contributed by atoms with Crippen LogP contribution in [0.4, 0.5) is 5.82 Å². The predicted molar refractivity (Wildman–Crippen MR) is 73.2 cm³/mol. The van der Waals surface area contributed by atoms with E-state index < -0.39 is 0 Å². The van der Waals surface area contributed by atoms with Crippen molar-refractivity contribution in [3.8, 4) is 0 Å². The monoisotopic (exact) mass is 299 g/mol. The van der Waals surface area contributed by atoms with Crippen LogP contribution in [0.2, 0.25) is 0 Å². The van der Waals surface area contributed by atoms with Crippen LogP contribution in [0.25, 0.3) is 10.9 Å². The lowest BCUT2D eigenvalue weighted by atomic mass is 10.3. The molecule has 2 rings (SSSR count). The molecule has 0 aliphatic carbocycles. The van der Waals surface area contributed by atoms with E-state index in [4.69, 9.17) is 0 Å². The molecule has 0 aliphatic rings. The zero-order chi connectivity index (χ0) is 11.5. The molecule has 0 fully saturated rings. The van der Waals surface area contributed by atoms with Crippen molar-refractivity contribution in [3.05, 3.63) is 15.0 Å². The summed E-state index contributed by atoms with van der Waals surface area (Å²) in [5, 5.41) is 6.58. The summed E-state index contributed by atoms with van der Waals surface area (Å²) < 4.78 is 1.08. The predicted octanol–water partition coefficient (Wildman–Crippen LogP) is 3.97. The molecule has 2 heterocycles. The SMILES string of the molecule is CCCCNc1nc(C)nc2c(Br)scc12. The number of thiophene rings is 1. The average molecular weight is 300 g/mol. The molecule has 5 heteroatoms. The van der Waals surface area contributed by atoms with Gasteiger partial charge < -0.3 is 5.32 Å². The molecule has 0 aliphatic heterocycles. The van der Waals surface area contributed by atoms with Crippen LogP contribution in [-0.4, -0.2) is 16.5 Å². The van der Waals surface area contributed by atoms with Gasteiger partial charge >= 0.3 is 0 Å². The summed E-state index contributed by atoms with van der Waals surface area (Å²) in [7, 11) is 0. The molecule has 0 radical (unpaired) electrons. The summed E-state index contributed by atoms with van der Waals surface area (Å²) in [6.07, 6.45) is 2.35. The second-order valence-electron chi connectivity index (χ2n) is 3.67. The van der Waals surface area contributed by atoms with Gasteiger partial charge in [-0.05, 0) is 29.3 Å². The number of unbranched alkanes of at least 4 members (excludes halogenated alkanes) is 1. The van der Waals surface area contributed by atoms with Gasteiger partial charge in [0.1, 0.15) is 17.2 Å². The largest absolute Gasteiger partial charge is 0.369 e. The first kappa shape index (κ1) is 11.8. The number of anilines is 1. The van der Waals surface area contributed by atoms with Crippen LogP contribution < -0.4 is 5.32 Å². The van der Waals surface area contributed by atoms with E-state index in [9.17, 15) is 0 Å². The maximum absolute atomic E-state index is 4.45. The minimum Gasteiger partial charge on any atom is -0.369 e. The first-order valence-electron chi connectivity index (χ1n) is 5.37. The summed E-state index contributed by atoms with van der Waals surface area (Å²) >= 11 is 5.17. The Morgan fingerprint density at radius 1 is 1.44 bits per heavy atom. The number of halogens is 1. The van der Waals surface area contributed by atoms with Crippen molar-refractivity contribution in [2.24, 2.45) is 0 Å². The highest BCUT2D eigenvalue weighted by atomic mass is 79.9. The molecule has 0 aromatic carbocycles. The lowest BCUT2D eigenvalue weighted by Gasteiger charge is -2.06. The Hall–Kier alpha value is -0.680. The van der Waals surface area contributed by atoms with Crippen LogP contribution in [0.5, 0.6) is 0 Å². The summed E-state index contributed by atoms with van der Waals surface area (Å²) in [6, 6.07) is 0. The molecule has 0 amide bonds. The van der Waals surface area contributed by atoms with E-state index in [1.807, 2.05) is 6.92 Å². The topological polar surface area (TPSA) is 37.8 Å². The molecule has 0 unspecified atom stereocenters. The molecule has 0 spiro atoms. The van der Waals surface area contributed by atoms with Gasteiger partial charge in [0.2, 0.25) is 0 Å². The van der Waals surface area contributed by atoms with Crippen LogP contribution in [0.3, 0.4) is 0 Å². The van der Waals surface area contributed by atoms with Crippen LogP contribution in [0.1, 0.15) is 25.6 Å². The van der Waals surface area contributed by atoms with Gasteiger partial charge in [-0.3, -0.25) is 0 Å². The fraction of sp³-hybridized carbons (Fsp3) is 0.455. The van der Waals surface area contributed by atoms with E-state index in [2.05, 4.69) is 43.5 Å². The van der Waals surface area contributed by atoms with Crippen molar-refractivity contribution in [2.45, 2.75) is 26.7 Å². The van der Waals surface area contributed by atoms with Crippen molar-refractivity contribution < 1.29 is 0 Å². The number of nitrogens with one attached hydrogen (secondary N) is 1. The van der Waals surface area contributed by atoms with Crippen LogP contribution in [0, 0.1) is 6.92 Å². The van der Waals surface area contributed by atoms with Gasteiger partial charge in [-0.1, -0.05) is 13.3 Å². The number of hydrogen-bond donors (Lipinski definition) is 1. The quantitative estimate of drug-likeness (QED) is 0.868. The lowest BCUT2D eigenvalue weighted by molar-refractivity contribution is 0.830. The smallest absolute Gasteiger partial charge is 0.138 e. The first-order chi connectivity index (χ1) is 7.72. The summed E-state index contributed by atoms with van der Waals surface area (Å²) in [5.41, 5.74) is 1.01. The molecule has 86 valence electrons. The zero-order valence-corrected chi connectivity index (χ0v) is 11.8. The Kier molecular flexibility index (Phi) is 3.76. The second-order valence-corrected chi connectivity index (χ2v) is 5.87. The van der Waals surface area contributed by atoms with E-state index in [0.29, 0.717) is 0 Å². The Morgan fingerprint density at radius 3 is 3.00 bits per heavy atom. The van der Waals surface area contributed by atoms with Crippen LogP contribution >= 0.6 is 27.3 Å². The molecule has 0 saturated heterocycles. The maximum Gasteiger partial charge on any atom is 0.138 e. The van der Waals surface area contributed by atoms with Gasteiger partial charge in [0.15, 0.2) is 0 Å². The van der Waals surface area contributed by atoms with Crippen molar-refractivity contribution >= 4 is 44.0 Å². The van der Waals surface area contributed by atoms with E-state index in [0.717, 1.165) is 39.3 Å². The summed E-state index contributed by atoms with van der Waals surface area (Å²) in [6.45, 7) is 5.08. The van der Waals surface area contributed by atoms with Gasteiger partial charge in [-0.2, -0.15) is 0 Å². The minimum atomic E-state index is 0.811. The van der Waals surface area contributed by atoms with Crippen molar-refractivity contribution in [1.29, 1.82) is 0 Å². The molecular weight excluding hydrogens is 286 g/mol. The normalized spacial score (nSPS) is 10.9. The van der Waals surface area contributed by atoms with E-state index in [-0.39, 0.29) is 0 Å². The zero-order valence-electron chi connectivity index (χ0n) is 9.38. The van der Waals surface area contributed by atoms with Gasteiger partial charge in [-0.25, -0.2) is 9.97 Å². The van der Waals surface area contributed by atoms with Gasteiger partial charge in [0.25, 0.3) is 0 Å². The Morgan fingerprint density at radius 2 is 2.25 bits per heavy atom. The molecular formula is C11H14BrN3S. The molecule has 2 aromatic heterocycles. The standard InChI is InChI=1S/C11H14BrN3S/c1-3-4-5-13-11-8-6-16-10(12)9(8)14-7(2)15-11/h6H,3-5H2,1-2H3,(H,13,14,15). The van der Waals surface area contributed by atoms with E-state index in [1.54, 1.807) is 11.3 Å². The van der Waals surface area contributed by atoms with Gasteiger partial charge in [-0.15, -0.1) is 11.3 Å². The molecule has 3 nitrogen and oxygen atoms in total. The highest BCUT2D eigenvalue weighted by Gasteiger charge is 2.09. The third-order valence-corrected chi connectivity index (χ3v) is 4.04. The Balaban J connectivity index is 2.35. The lowest BCUT2D eigenvalue weighted by Crippen LogP contribution is -2.04. The molecule has 2 aromatic rings. The first-order valence-corrected chi connectivity index (χ1v) is 7.05. The fourth-order valence-electron chi connectivity index (χ4n) is 1.53. The molecule has 0 bridgehead atoms. The maximum atomic E-state index is 4.45. The summed E-state index contributed by atoms with van der Waals surface area (Å²) in [4.78, 5) is 8.89. The van der Waals surface area contributed by atoms with Crippen LogP contribution in [-0.2, 0) is 0 Å². The van der Waals surface area contributed by atoms with Gasteiger partial charge in [0, 0.05) is 11.9 Å². The Bertz CT molecular complexity index is 495. The van der Waals surface area contributed by atoms with Crippen molar-refractivity contribution in [1.82, 2.24) is 9.97 Å². The van der Waals surface area contributed by atoms with Gasteiger partial charge in [0.05, 0.1) is 9.17 Å². The summed E-state index contributed by atoms with van der Waals surface area (Å²) in [5.74, 6) is 1.77. The second kappa shape index (κ2) is 5.10. The minimum absolute atomic E-state index is 0.811. The third kappa shape index (κ3) is 2.35. The molecule has 0 saturated carbocycles. The highest BCUT2D eigenvalue weighted by molar-refractivity contribution is 9.11. The van der Waals surface area contributed by atoms with E-state index in [1.165, 1.54) is 6.42 Å². The number of nitrogens with zero attached hydrogens (tertiary/aromatic N) is 2. The molecule has 0 atom stereocenters. The van der Waals surface area contributed by atoms with Crippen LogP contribution in [0.15, 0.2) is 9.17 Å². The van der Waals surface area contributed by atoms with Crippen molar-refractivity contribution in [2.75, 3.05) is 11.9 Å². The average Bonchev–Trinajstić information content (AvgIpc) is 2.61. The number of hydrogen-bond acceptors (Lipinski definition) is 4. The number of rotatable bonds is 4. The molecule has 1 N–H and O–H groups in total. The highest BCUT2D eigenvalue weighted by Crippen LogP contribution is 2.32. The fourth-order valence-corrected chi connectivity index (χ4v) is 2.82. The number of fused-ring (bicyclic) bond motifs is 1. The third-order valence-electron chi connectivity index (χ3n) is 2.35. The Labute approximate surface area is 107 Å².